The molecule has 0 radical (unpaired) electrons. The lowest BCUT2D eigenvalue weighted by Gasteiger charge is -2.06. The van der Waals surface area contributed by atoms with E-state index < -0.39 is 0 Å². The molecule has 0 unspecified atom stereocenters. The van der Waals surface area contributed by atoms with Crippen LogP contribution in [0.4, 0.5) is 0 Å². The van der Waals surface area contributed by atoms with Crippen LogP contribution in [0.25, 0.3) is 22.4 Å². The molecule has 0 fully saturated rings. The van der Waals surface area contributed by atoms with Crippen LogP contribution >= 0.6 is 0 Å². The highest BCUT2D eigenvalue weighted by Crippen LogP contribution is 2.28. The number of aromatic nitrogens is 2. The third-order valence-corrected chi connectivity index (χ3v) is 3.43. The summed E-state index contributed by atoms with van der Waals surface area (Å²) in [6.45, 7) is 6.21. The molecule has 0 saturated heterocycles. The Morgan fingerprint density at radius 2 is 2.10 bits per heavy atom. The van der Waals surface area contributed by atoms with Crippen LogP contribution in [0.3, 0.4) is 0 Å². The number of hydrogen-bond donors (Lipinski definition) is 1. The topological polar surface area (TPSA) is 43.0 Å². The lowest BCUT2D eigenvalue weighted by molar-refractivity contribution is 0.551. The van der Waals surface area contributed by atoms with Crippen molar-refractivity contribution in [2.75, 3.05) is 6.54 Å². The number of rotatable bonds is 5. The third kappa shape index (κ3) is 3.00. The van der Waals surface area contributed by atoms with Gasteiger partial charge in [0.05, 0.1) is 0 Å². The van der Waals surface area contributed by atoms with Crippen LogP contribution in [0.2, 0.25) is 0 Å². The van der Waals surface area contributed by atoms with E-state index >= 15 is 0 Å². The van der Waals surface area contributed by atoms with Gasteiger partial charge in [0.15, 0.2) is 5.76 Å². The number of hydrogen-bond acceptors (Lipinski definition) is 3. The Labute approximate surface area is 124 Å². The molecule has 1 aromatic carbocycles. The molecule has 3 aromatic rings. The van der Waals surface area contributed by atoms with Gasteiger partial charge < -0.3 is 9.73 Å². The van der Waals surface area contributed by atoms with Crippen LogP contribution in [0.5, 0.6) is 0 Å². The molecule has 4 nitrogen and oxygen atoms in total. The summed E-state index contributed by atoms with van der Waals surface area (Å²) in [6, 6.07) is 10.1. The quantitative estimate of drug-likeness (QED) is 0.778. The summed E-state index contributed by atoms with van der Waals surface area (Å²) in [5, 5.41) is 9.13. The Kier molecular flexibility index (Phi) is 3.80. The van der Waals surface area contributed by atoms with Crippen LogP contribution in [0.1, 0.15) is 19.4 Å². The van der Waals surface area contributed by atoms with Crippen LogP contribution in [0, 0.1) is 5.92 Å². The van der Waals surface area contributed by atoms with E-state index in [1.165, 1.54) is 0 Å². The minimum atomic E-state index is 0.635. The second-order valence-corrected chi connectivity index (χ2v) is 5.85. The van der Waals surface area contributed by atoms with E-state index in [4.69, 9.17) is 4.42 Å². The normalized spacial score (nSPS) is 11.6. The van der Waals surface area contributed by atoms with E-state index in [1.807, 2.05) is 29.9 Å². The van der Waals surface area contributed by atoms with E-state index in [-0.39, 0.29) is 0 Å². The minimum absolute atomic E-state index is 0.635. The highest BCUT2D eigenvalue weighted by Gasteiger charge is 2.14. The van der Waals surface area contributed by atoms with E-state index in [0.717, 1.165) is 41.1 Å². The maximum atomic E-state index is 5.93. The minimum Gasteiger partial charge on any atom is -0.454 e. The van der Waals surface area contributed by atoms with Gasteiger partial charge in [-0.3, -0.25) is 4.68 Å². The van der Waals surface area contributed by atoms with E-state index in [1.54, 1.807) is 0 Å². The maximum Gasteiger partial charge on any atom is 0.156 e. The predicted molar refractivity (Wildman–Crippen MR) is 85.0 cm³/mol. The van der Waals surface area contributed by atoms with Crippen LogP contribution in [-0.2, 0) is 13.6 Å². The van der Waals surface area contributed by atoms with E-state index in [9.17, 15) is 0 Å². The smallest absolute Gasteiger partial charge is 0.156 e. The first kappa shape index (κ1) is 13.9. The van der Waals surface area contributed by atoms with Crippen molar-refractivity contribution in [2.24, 2.45) is 13.0 Å². The highest BCUT2D eigenvalue weighted by molar-refractivity contribution is 5.82. The molecule has 21 heavy (non-hydrogen) atoms. The molecule has 3 rings (SSSR count). The van der Waals surface area contributed by atoms with E-state index in [0.29, 0.717) is 5.92 Å². The van der Waals surface area contributed by atoms with Crippen molar-refractivity contribution in [3.8, 4) is 11.5 Å². The number of furan rings is 1. The first-order valence-electron chi connectivity index (χ1n) is 7.35. The molecule has 0 aliphatic carbocycles. The standard InChI is InChI=1S/C17H21N3O/c1-12(2)9-18-10-14-11-20(3)19-17(14)16-8-13-6-4-5-7-15(13)21-16/h4-8,11-12,18H,9-10H2,1-3H3. The van der Waals surface area contributed by atoms with Crippen molar-refractivity contribution in [2.45, 2.75) is 20.4 Å². The Balaban J connectivity index is 1.90. The fraction of sp³-hybridized carbons (Fsp3) is 0.353. The Hall–Kier alpha value is -2.07. The molecule has 1 N–H and O–H groups in total. The summed E-state index contributed by atoms with van der Waals surface area (Å²) in [4.78, 5) is 0. The molecular formula is C17H21N3O. The summed E-state index contributed by atoms with van der Waals surface area (Å²) in [5.41, 5.74) is 2.99. The van der Waals surface area contributed by atoms with Gasteiger partial charge >= 0.3 is 0 Å². The SMILES string of the molecule is CC(C)CNCc1cn(C)nc1-c1cc2ccccc2o1. The summed E-state index contributed by atoms with van der Waals surface area (Å²) in [7, 11) is 1.94. The second kappa shape index (κ2) is 5.74. The molecule has 2 aromatic heterocycles. The largest absolute Gasteiger partial charge is 0.454 e. The Morgan fingerprint density at radius 1 is 1.29 bits per heavy atom. The summed E-state index contributed by atoms with van der Waals surface area (Å²) in [6.07, 6.45) is 2.05. The first-order valence-corrected chi connectivity index (χ1v) is 7.35. The van der Waals surface area contributed by atoms with Crippen molar-refractivity contribution < 1.29 is 4.42 Å². The predicted octanol–water partition coefficient (Wildman–Crippen LogP) is 3.58. The molecule has 0 bridgehead atoms. The zero-order valence-corrected chi connectivity index (χ0v) is 12.8. The maximum absolute atomic E-state index is 5.93. The van der Waals surface area contributed by atoms with Crippen molar-refractivity contribution in [3.63, 3.8) is 0 Å². The van der Waals surface area contributed by atoms with Crippen LogP contribution < -0.4 is 5.32 Å². The number of nitrogens with zero attached hydrogens (tertiary/aromatic N) is 2. The summed E-state index contributed by atoms with van der Waals surface area (Å²) < 4.78 is 7.77. The van der Waals surface area contributed by atoms with Crippen molar-refractivity contribution in [1.82, 2.24) is 15.1 Å². The summed E-state index contributed by atoms with van der Waals surface area (Å²) >= 11 is 0. The van der Waals surface area contributed by atoms with Gasteiger partial charge in [-0.15, -0.1) is 0 Å². The van der Waals surface area contributed by atoms with Crippen molar-refractivity contribution in [1.29, 1.82) is 0 Å². The number of nitrogens with one attached hydrogen (secondary N) is 1. The number of aryl methyl sites for hydroxylation is 1. The Morgan fingerprint density at radius 3 is 2.86 bits per heavy atom. The average molecular weight is 283 g/mol. The zero-order chi connectivity index (χ0) is 14.8. The first-order chi connectivity index (χ1) is 10.1. The zero-order valence-electron chi connectivity index (χ0n) is 12.8. The van der Waals surface area contributed by atoms with Gasteiger partial charge in [0.1, 0.15) is 11.3 Å². The number of fused-ring (bicyclic) bond motifs is 1. The van der Waals surface area contributed by atoms with Gasteiger partial charge in [0.25, 0.3) is 0 Å². The van der Waals surface area contributed by atoms with E-state index in [2.05, 4.69) is 42.6 Å². The second-order valence-electron chi connectivity index (χ2n) is 5.85. The van der Waals surface area contributed by atoms with Crippen LogP contribution in [-0.4, -0.2) is 16.3 Å². The molecule has 0 amide bonds. The summed E-state index contributed by atoms with van der Waals surface area (Å²) in [5.74, 6) is 1.47. The number of para-hydroxylation sites is 1. The molecule has 2 heterocycles. The molecule has 0 aliphatic rings. The lowest BCUT2D eigenvalue weighted by Crippen LogP contribution is -2.19. The highest BCUT2D eigenvalue weighted by atomic mass is 16.3. The van der Waals surface area contributed by atoms with Gasteiger partial charge in [0.2, 0.25) is 0 Å². The molecule has 4 heteroatoms. The monoisotopic (exact) mass is 283 g/mol. The molecule has 0 spiro atoms. The van der Waals surface area contributed by atoms with Gasteiger partial charge in [-0.1, -0.05) is 32.0 Å². The fourth-order valence-electron chi connectivity index (χ4n) is 2.47. The molecular weight excluding hydrogens is 262 g/mol. The molecule has 0 saturated carbocycles. The lowest BCUT2D eigenvalue weighted by atomic mass is 10.1. The van der Waals surface area contributed by atoms with Crippen molar-refractivity contribution in [3.05, 3.63) is 42.1 Å². The van der Waals surface area contributed by atoms with Gasteiger partial charge in [-0.25, -0.2) is 0 Å². The molecule has 0 atom stereocenters. The van der Waals surface area contributed by atoms with Gasteiger partial charge in [0, 0.05) is 30.7 Å². The van der Waals surface area contributed by atoms with Crippen LogP contribution in [0.15, 0.2) is 40.9 Å². The fourth-order valence-corrected chi connectivity index (χ4v) is 2.47. The molecule has 110 valence electrons. The third-order valence-electron chi connectivity index (χ3n) is 3.43. The average Bonchev–Trinajstić information content (AvgIpc) is 3.01. The van der Waals surface area contributed by atoms with Gasteiger partial charge in [-0.05, 0) is 24.6 Å². The van der Waals surface area contributed by atoms with Gasteiger partial charge in [-0.2, -0.15) is 5.10 Å². The van der Waals surface area contributed by atoms with Crippen molar-refractivity contribution >= 4 is 11.0 Å². The number of benzene rings is 1. The Bertz CT molecular complexity index is 706. The molecule has 0 aliphatic heterocycles.